The molecule has 1 N–H and O–H groups in total. The Kier molecular flexibility index (Phi) is 3.14. The summed E-state index contributed by atoms with van der Waals surface area (Å²) in [6, 6.07) is 1.34. The molecule has 0 bridgehead atoms. The molecule has 1 aromatic heterocycles. The van der Waals surface area contributed by atoms with E-state index in [1.807, 2.05) is 0 Å². The second-order valence-corrected chi connectivity index (χ2v) is 4.14. The van der Waals surface area contributed by atoms with Gasteiger partial charge in [0.15, 0.2) is 0 Å². The van der Waals surface area contributed by atoms with Gasteiger partial charge in [-0.3, -0.25) is 24.3 Å². The Hall–Kier alpha value is -2.18. The third-order valence-electron chi connectivity index (χ3n) is 2.77. The van der Waals surface area contributed by atoms with E-state index in [0.29, 0.717) is 5.69 Å². The van der Waals surface area contributed by atoms with Gasteiger partial charge in [-0.1, -0.05) is 0 Å². The van der Waals surface area contributed by atoms with Crippen molar-refractivity contribution in [1.82, 2.24) is 9.97 Å². The highest BCUT2D eigenvalue weighted by atomic mass is 16.5. The van der Waals surface area contributed by atoms with E-state index in [9.17, 15) is 14.4 Å². The summed E-state index contributed by atoms with van der Waals surface area (Å²) >= 11 is 0. The van der Waals surface area contributed by atoms with Gasteiger partial charge >= 0.3 is 5.97 Å². The zero-order valence-electron chi connectivity index (χ0n) is 10.1. The Balaban J connectivity index is 2.27. The maximum absolute atomic E-state index is 11.8. The summed E-state index contributed by atoms with van der Waals surface area (Å²) < 4.78 is 4.60. The van der Waals surface area contributed by atoms with Crippen molar-refractivity contribution in [3.05, 3.63) is 22.1 Å². The van der Waals surface area contributed by atoms with Crippen LogP contribution in [0.4, 0.5) is 5.95 Å². The molecule has 96 valence electrons. The van der Waals surface area contributed by atoms with E-state index < -0.39 is 11.9 Å². The highest BCUT2D eigenvalue weighted by Gasteiger charge is 2.36. The van der Waals surface area contributed by atoms with Crippen LogP contribution in [0.2, 0.25) is 0 Å². The smallest absolute Gasteiger partial charge is 0.311 e. The van der Waals surface area contributed by atoms with Gasteiger partial charge in [0.25, 0.3) is 5.56 Å². The van der Waals surface area contributed by atoms with Crippen LogP contribution in [0.5, 0.6) is 0 Å². The number of methoxy groups -OCH3 is 1. The molecule has 1 unspecified atom stereocenters. The van der Waals surface area contributed by atoms with Crippen LogP contribution >= 0.6 is 0 Å². The number of aryl methyl sites for hydroxylation is 1. The standard InChI is InChI=1S/C11H13N3O4/c1-6-3-8(15)13-11(12-6)14-5-7(4-9(14)16)10(17)18-2/h3,7H,4-5H2,1-2H3,(H,12,13,15). The van der Waals surface area contributed by atoms with Crippen molar-refractivity contribution in [3.8, 4) is 0 Å². The lowest BCUT2D eigenvalue weighted by molar-refractivity contribution is -0.145. The first-order valence-electron chi connectivity index (χ1n) is 5.47. The molecule has 0 aliphatic carbocycles. The van der Waals surface area contributed by atoms with E-state index in [1.165, 1.54) is 18.1 Å². The van der Waals surface area contributed by atoms with Crippen LogP contribution in [0.25, 0.3) is 0 Å². The molecule has 1 atom stereocenters. The summed E-state index contributed by atoms with van der Waals surface area (Å²) in [5.74, 6) is -1.01. The second kappa shape index (κ2) is 4.59. The van der Waals surface area contributed by atoms with Gasteiger partial charge in [-0.2, -0.15) is 0 Å². The Morgan fingerprint density at radius 2 is 2.28 bits per heavy atom. The van der Waals surface area contributed by atoms with Gasteiger partial charge in [0, 0.05) is 24.7 Å². The van der Waals surface area contributed by atoms with Gasteiger partial charge in [0.1, 0.15) is 0 Å². The second-order valence-electron chi connectivity index (χ2n) is 4.14. The number of aromatic amines is 1. The van der Waals surface area contributed by atoms with Crippen molar-refractivity contribution in [2.75, 3.05) is 18.6 Å². The van der Waals surface area contributed by atoms with Crippen molar-refractivity contribution < 1.29 is 14.3 Å². The van der Waals surface area contributed by atoms with E-state index >= 15 is 0 Å². The van der Waals surface area contributed by atoms with Crippen molar-refractivity contribution in [2.45, 2.75) is 13.3 Å². The van der Waals surface area contributed by atoms with Gasteiger partial charge in [-0.25, -0.2) is 4.98 Å². The molecule has 1 aromatic rings. The fraction of sp³-hybridized carbons (Fsp3) is 0.455. The van der Waals surface area contributed by atoms with E-state index in [2.05, 4.69) is 14.7 Å². The van der Waals surface area contributed by atoms with Gasteiger partial charge in [0.2, 0.25) is 11.9 Å². The number of hydrogen-bond donors (Lipinski definition) is 1. The SMILES string of the molecule is COC(=O)C1CC(=O)N(c2nc(C)cc(=O)[nH]2)C1. The van der Waals surface area contributed by atoms with Gasteiger partial charge < -0.3 is 4.74 Å². The van der Waals surface area contributed by atoms with Gasteiger partial charge in [-0.15, -0.1) is 0 Å². The van der Waals surface area contributed by atoms with Crippen LogP contribution < -0.4 is 10.5 Å². The number of nitrogens with one attached hydrogen (secondary N) is 1. The number of hydrogen-bond acceptors (Lipinski definition) is 5. The minimum absolute atomic E-state index is 0.0737. The lowest BCUT2D eigenvalue weighted by atomic mass is 10.1. The molecule has 7 nitrogen and oxygen atoms in total. The van der Waals surface area contributed by atoms with Crippen LogP contribution in [0.1, 0.15) is 12.1 Å². The number of amides is 1. The number of carbonyl (C=O) groups is 2. The van der Waals surface area contributed by atoms with Crippen molar-refractivity contribution in [1.29, 1.82) is 0 Å². The molecular weight excluding hydrogens is 238 g/mol. The van der Waals surface area contributed by atoms with Crippen LogP contribution in [0.3, 0.4) is 0 Å². The largest absolute Gasteiger partial charge is 0.469 e. The number of ether oxygens (including phenoxy) is 1. The first-order valence-corrected chi connectivity index (χ1v) is 5.47. The first kappa shape index (κ1) is 12.3. The third kappa shape index (κ3) is 2.24. The molecule has 1 saturated heterocycles. The van der Waals surface area contributed by atoms with Crippen LogP contribution in [-0.4, -0.2) is 35.5 Å². The van der Waals surface area contributed by atoms with Crippen molar-refractivity contribution in [2.24, 2.45) is 5.92 Å². The van der Waals surface area contributed by atoms with Gasteiger partial charge in [-0.05, 0) is 6.92 Å². The molecular formula is C11H13N3O4. The summed E-state index contributed by atoms with van der Waals surface area (Å²) in [5, 5.41) is 0. The average Bonchev–Trinajstić information content (AvgIpc) is 2.69. The summed E-state index contributed by atoms with van der Waals surface area (Å²) in [6.45, 7) is 1.84. The minimum Gasteiger partial charge on any atom is -0.469 e. The number of rotatable bonds is 2. The fourth-order valence-electron chi connectivity index (χ4n) is 1.93. The van der Waals surface area contributed by atoms with E-state index in [-0.39, 0.29) is 30.4 Å². The molecule has 1 amide bonds. The molecule has 2 heterocycles. The predicted molar refractivity (Wildman–Crippen MR) is 62.1 cm³/mol. The molecule has 7 heteroatoms. The van der Waals surface area contributed by atoms with Crippen LogP contribution in [0.15, 0.2) is 10.9 Å². The van der Waals surface area contributed by atoms with Crippen LogP contribution in [0, 0.1) is 12.8 Å². The lowest BCUT2D eigenvalue weighted by Gasteiger charge is -2.14. The molecule has 1 aliphatic rings. The normalized spacial score (nSPS) is 19.1. The quantitative estimate of drug-likeness (QED) is 0.722. The molecule has 0 saturated carbocycles. The maximum atomic E-state index is 11.8. The Labute approximate surface area is 103 Å². The van der Waals surface area contributed by atoms with Crippen molar-refractivity contribution >= 4 is 17.8 Å². The number of carbonyl (C=O) groups excluding carboxylic acids is 2. The van der Waals surface area contributed by atoms with Crippen molar-refractivity contribution in [3.63, 3.8) is 0 Å². The number of anilines is 1. The molecule has 0 spiro atoms. The molecule has 1 aliphatic heterocycles. The average molecular weight is 251 g/mol. The first-order chi connectivity index (χ1) is 8.51. The number of aromatic nitrogens is 2. The summed E-state index contributed by atoms with van der Waals surface area (Å²) in [4.78, 5) is 42.4. The van der Waals surface area contributed by atoms with E-state index in [4.69, 9.17) is 0 Å². The third-order valence-corrected chi connectivity index (χ3v) is 2.77. The van der Waals surface area contributed by atoms with Crippen LogP contribution in [-0.2, 0) is 14.3 Å². The summed E-state index contributed by atoms with van der Waals surface area (Å²) in [5.41, 5.74) is 0.190. The maximum Gasteiger partial charge on any atom is 0.311 e. The molecule has 0 aromatic carbocycles. The summed E-state index contributed by atoms with van der Waals surface area (Å²) in [6.07, 6.45) is 0.0737. The van der Waals surface area contributed by atoms with Gasteiger partial charge in [0.05, 0.1) is 13.0 Å². The van der Waals surface area contributed by atoms with E-state index in [0.717, 1.165) is 0 Å². The highest BCUT2D eigenvalue weighted by molar-refractivity contribution is 5.98. The Morgan fingerprint density at radius 3 is 2.89 bits per heavy atom. The van der Waals surface area contributed by atoms with E-state index in [1.54, 1.807) is 6.92 Å². The molecule has 18 heavy (non-hydrogen) atoms. The number of esters is 1. The molecule has 0 radical (unpaired) electrons. The topological polar surface area (TPSA) is 92.4 Å². The lowest BCUT2D eigenvalue weighted by Crippen LogP contribution is -2.30. The fourth-order valence-corrected chi connectivity index (χ4v) is 1.93. The predicted octanol–water partition coefficient (Wildman–Crippen LogP) is -0.396. The monoisotopic (exact) mass is 251 g/mol. The number of nitrogens with zero attached hydrogens (tertiary/aromatic N) is 2. The Bertz CT molecular complexity index is 551. The molecule has 1 fully saturated rings. The molecule has 2 rings (SSSR count). The summed E-state index contributed by atoms with van der Waals surface area (Å²) in [7, 11) is 1.28. The zero-order valence-corrected chi connectivity index (χ0v) is 10.1. The highest BCUT2D eigenvalue weighted by Crippen LogP contribution is 2.22. The zero-order chi connectivity index (χ0) is 13.3. The Morgan fingerprint density at radius 1 is 1.56 bits per heavy atom. The minimum atomic E-state index is -0.506. The number of H-pyrrole nitrogens is 1.